The van der Waals surface area contributed by atoms with Gasteiger partial charge in [-0.15, -0.1) is 12.6 Å². The Morgan fingerprint density at radius 2 is 1.62 bits per heavy atom. The summed E-state index contributed by atoms with van der Waals surface area (Å²) in [5.74, 6) is 0.308. The molecule has 3 rings (SSSR count). The van der Waals surface area contributed by atoms with Gasteiger partial charge in [-0.05, 0) is 36.4 Å². The van der Waals surface area contributed by atoms with Crippen LogP contribution in [0.4, 0.5) is 0 Å². The third-order valence-corrected chi connectivity index (χ3v) is 3.51. The SMILES string of the molecule is N#Cc1ccc(OC(=O)c2cnc(-c3ccc(S)cc3)nc2)cc1. The number of ether oxygens (including phenoxy) is 1. The fraction of sp³-hybridized carbons (Fsp3) is 0. The van der Waals surface area contributed by atoms with Crippen molar-refractivity contribution in [3.05, 3.63) is 72.1 Å². The molecule has 5 nitrogen and oxygen atoms in total. The molecule has 0 atom stereocenters. The molecule has 0 bridgehead atoms. The van der Waals surface area contributed by atoms with E-state index >= 15 is 0 Å². The maximum atomic E-state index is 12.1. The van der Waals surface area contributed by atoms with Gasteiger partial charge in [0.15, 0.2) is 5.82 Å². The van der Waals surface area contributed by atoms with Crippen LogP contribution in [-0.2, 0) is 0 Å². The van der Waals surface area contributed by atoms with Crippen LogP contribution >= 0.6 is 12.6 Å². The summed E-state index contributed by atoms with van der Waals surface area (Å²) >= 11 is 4.23. The Labute approximate surface area is 144 Å². The highest BCUT2D eigenvalue weighted by molar-refractivity contribution is 7.80. The summed E-state index contributed by atoms with van der Waals surface area (Å²) in [6.07, 6.45) is 2.84. The van der Waals surface area contributed by atoms with Crippen molar-refractivity contribution in [2.24, 2.45) is 0 Å². The van der Waals surface area contributed by atoms with Gasteiger partial charge in [-0.3, -0.25) is 0 Å². The number of nitriles is 1. The van der Waals surface area contributed by atoms with Crippen LogP contribution in [0.2, 0.25) is 0 Å². The summed E-state index contributed by atoms with van der Waals surface area (Å²) in [5.41, 5.74) is 1.57. The van der Waals surface area contributed by atoms with Crippen molar-refractivity contribution in [1.82, 2.24) is 9.97 Å². The van der Waals surface area contributed by atoms with E-state index in [0.717, 1.165) is 10.5 Å². The number of esters is 1. The van der Waals surface area contributed by atoms with Gasteiger partial charge in [0.2, 0.25) is 0 Å². The monoisotopic (exact) mass is 333 g/mol. The van der Waals surface area contributed by atoms with Crippen molar-refractivity contribution >= 4 is 18.6 Å². The van der Waals surface area contributed by atoms with Crippen molar-refractivity contribution in [1.29, 1.82) is 5.26 Å². The molecule has 0 N–H and O–H groups in total. The Morgan fingerprint density at radius 1 is 1.00 bits per heavy atom. The van der Waals surface area contributed by atoms with E-state index in [1.165, 1.54) is 12.4 Å². The van der Waals surface area contributed by atoms with Crippen LogP contribution in [0, 0.1) is 11.3 Å². The van der Waals surface area contributed by atoms with Crippen LogP contribution in [0.5, 0.6) is 5.75 Å². The standard InChI is InChI=1S/C18H11N3O2S/c19-9-12-1-5-15(6-2-12)23-18(22)14-10-20-17(21-11-14)13-3-7-16(24)8-4-13/h1-8,10-11,24H. The molecule has 24 heavy (non-hydrogen) atoms. The Hall–Kier alpha value is -3.17. The van der Waals surface area contributed by atoms with Crippen molar-refractivity contribution in [3.63, 3.8) is 0 Å². The maximum Gasteiger partial charge on any atom is 0.346 e. The number of aromatic nitrogens is 2. The second kappa shape index (κ2) is 6.94. The zero-order valence-corrected chi connectivity index (χ0v) is 13.3. The third-order valence-electron chi connectivity index (χ3n) is 3.21. The average Bonchev–Trinajstić information content (AvgIpc) is 2.63. The van der Waals surface area contributed by atoms with Crippen LogP contribution in [0.3, 0.4) is 0 Å². The maximum absolute atomic E-state index is 12.1. The lowest BCUT2D eigenvalue weighted by molar-refractivity contribution is 0.0734. The van der Waals surface area contributed by atoms with E-state index in [1.807, 2.05) is 30.3 Å². The molecule has 0 unspecified atom stereocenters. The number of rotatable bonds is 3. The molecule has 0 aliphatic heterocycles. The number of nitrogens with zero attached hydrogens (tertiary/aromatic N) is 3. The number of benzene rings is 2. The molecule has 2 aromatic carbocycles. The van der Waals surface area contributed by atoms with E-state index in [2.05, 4.69) is 22.6 Å². The van der Waals surface area contributed by atoms with E-state index in [1.54, 1.807) is 24.3 Å². The number of hydrogen-bond donors (Lipinski definition) is 1. The molecule has 0 spiro atoms. The number of hydrogen-bond acceptors (Lipinski definition) is 6. The van der Waals surface area contributed by atoms with Crippen LogP contribution in [-0.4, -0.2) is 15.9 Å². The molecule has 0 saturated carbocycles. The van der Waals surface area contributed by atoms with Crippen molar-refractivity contribution in [2.45, 2.75) is 4.90 Å². The van der Waals surface area contributed by atoms with Crippen LogP contribution in [0.25, 0.3) is 11.4 Å². The van der Waals surface area contributed by atoms with Crippen LogP contribution in [0.15, 0.2) is 65.8 Å². The van der Waals surface area contributed by atoms with E-state index in [0.29, 0.717) is 17.1 Å². The third kappa shape index (κ3) is 3.59. The summed E-state index contributed by atoms with van der Waals surface area (Å²) in [6, 6.07) is 15.7. The van der Waals surface area contributed by atoms with Gasteiger partial charge < -0.3 is 4.74 Å². The first kappa shape index (κ1) is 15.7. The first-order chi connectivity index (χ1) is 11.7. The van der Waals surface area contributed by atoms with Crippen molar-refractivity contribution in [2.75, 3.05) is 0 Å². The largest absolute Gasteiger partial charge is 0.423 e. The molecule has 1 heterocycles. The quantitative estimate of drug-likeness (QED) is 0.451. The molecular weight excluding hydrogens is 322 g/mol. The zero-order chi connectivity index (χ0) is 16.9. The van der Waals surface area contributed by atoms with Gasteiger partial charge in [0.25, 0.3) is 0 Å². The Kier molecular flexibility index (Phi) is 4.54. The molecule has 0 fully saturated rings. The van der Waals surface area contributed by atoms with Gasteiger partial charge in [-0.1, -0.05) is 12.1 Å². The molecule has 116 valence electrons. The Bertz CT molecular complexity index is 899. The highest BCUT2D eigenvalue weighted by Crippen LogP contribution is 2.18. The molecule has 0 aliphatic rings. The molecule has 0 amide bonds. The summed E-state index contributed by atoms with van der Waals surface area (Å²) < 4.78 is 5.22. The highest BCUT2D eigenvalue weighted by atomic mass is 32.1. The summed E-state index contributed by atoms with van der Waals surface area (Å²) in [7, 11) is 0. The minimum absolute atomic E-state index is 0.244. The molecule has 1 aromatic heterocycles. The average molecular weight is 333 g/mol. The minimum Gasteiger partial charge on any atom is -0.423 e. The Balaban J connectivity index is 1.73. The van der Waals surface area contributed by atoms with Gasteiger partial charge in [0, 0.05) is 22.9 Å². The predicted molar refractivity (Wildman–Crippen MR) is 90.8 cm³/mol. The predicted octanol–water partition coefficient (Wildman–Crippen LogP) is 3.52. The van der Waals surface area contributed by atoms with E-state index in [4.69, 9.17) is 10.00 Å². The van der Waals surface area contributed by atoms with Gasteiger partial charge in [0.1, 0.15) is 5.75 Å². The normalized spacial score (nSPS) is 10.0. The summed E-state index contributed by atoms with van der Waals surface area (Å²) in [4.78, 5) is 21.3. The number of carbonyl (C=O) groups is 1. The first-order valence-corrected chi connectivity index (χ1v) is 7.44. The molecule has 0 aliphatic carbocycles. The lowest BCUT2D eigenvalue weighted by Gasteiger charge is -2.05. The second-order valence-electron chi connectivity index (χ2n) is 4.87. The number of thiol groups is 1. The highest BCUT2D eigenvalue weighted by Gasteiger charge is 2.11. The lowest BCUT2D eigenvalue weighted by atomic mass is 10.2. The Morgan fingerprint density at radius 3 is 2.21 bits per heavy atom. The molecule has 3 aromatic rings. The topological polar surface area (TPSA) is 75.9 Å². The smallest absolute Gasteiger partial charge is 0.346 e. The fourth-order valence-electron chi connectivity index (χ4n) is 1.96. The molecule has 0 radical (unpaired) electrons. The second-order valence-corrected chi connectivity index (χ2v) is 5.38. The van der Waals surface area contributed by atoms with Crippen LogP contribution < -0.4 is 4.74 Å². The molecule has 6 heteroatoms. The fourth-order valence-corrected chi connectivity index (χ4v) is 2.11. The lowest BCUT2D eigenvalue weighted by Crippen LogP contribution is -2.09. The molecular formula is C18H11N3O2S. The van der Waals surface area contributed by atoms with Gasteiger partial charge in [-0.2, -0.15) is 5.26 Å². The zero-order valence-electron chi connectivity index (χ0n) is 12.4. The van der Waals surface area contributed by atoms with Crippen molar-refractivity contribution in [3.8, 4) is 23.2 Å². The molecule has 0 saturated heterocycles. The van der Waals surface area contributed by atoms with Crippen LogP contribution in [0.1, 0.15) is 15.9 Å². The van der Waals surface area contributed by atoms with Crippen molar-refractivity contribution < 1.29 is 9.53 Å². The summed E-state index contributed by atoms with van der Waals surface area (Å²) in [6.45, 7) is 0. The van der Waals surface area contributed by atoms with Gasteiger partial charge in [0.05, 0.1) is 17.2 Å². The van der Waals surface area contributed by atoms with Gasteiger partial charge >= 0.3 is 5.97 Å². The van der Waals surface area contributed by atoms with E-state index in [9.17, 15) is 4.79 Å². The first-order valence-electron chi connectivity index (χ1n) is 6.99. The summed E-state index contributed by atoms with van der Waals surface area (Å²) in [5, 5.41) is 8.74. The minimum atomic E-state index is -0.558. The van der Waals surface area contributed by atoms with Gasteiger partial charge in [-0.25, -0.2) is 14.8 Å². The van der Waals surface area contributed by atoms with E-state index in [-0.39, 0.29) is 5.56 Å². The van der Waals surface area contributed by atoms with E-state index < -0.39 is 5.97 Å². The number of carbonyl (C=O) groups excluding carboxylic acids is 1.